The second-order valence-corrected chi connectivity index (χ2v) is 22.3. The zero-order chi connectivity index (χ0) is 35.6. The van der Waals surface area contributed by atoms with Crippen LogP contribution in [0.4, 0.5) is 17.1 Å². The molecule has 4 saturated carbocycles. The molecule has 0 amide bonds. The first-order valence-corrected chi connectivity index (χ1v) is 23.3. The Bertz CT molecular complexity index is 2900. The highest BCUT2D eigenvalue weighted by atomic mass is 32.1. The van der Waals surface area contributed by atoms with Crippen molar-refractivity contribution in [1.29, 1.82) is 0 Å². The number of thiophene rings is 1. The lowest BCUT2D eigenvalue weighted by Gasteiger charge is -2.64. The highest BCUT2D eigenvalue weighted by Crippen LogP contribution is 2.70. The predicted octanol–water partition coefficient (Wildman–Crippen LogP) is 10.9. The average molecular weight is 738 g/mol. The Morgan fingerprint density at radius 2 is 1.04 bits per heavy atom. The van der Waals surface area contributed by atoms with Crippen molar-refractivity contribution in [2.24, 2.45) is 23.7 Å². The Hall–Kier alpha value is -5.22. The smallest absolute Gasteiger partial charge is 0.182 e. The van der Waals surface area contributed by atoms with Gasteiger partial charge in [-0.15, -0.1) is 11.3 Å². The van der Waals surface area contributed by atoms with Gasteiger partial charge in [0, 0.05) is 31.3 Å². The molecule has 0 unspecified atom stereocenters. The number of rotatable bonds is 1. The summed E-state index contributed by atoms with van der Waals surface area (Å²) in [6.45, 7) is 0. The van der Waals surface area contributed by atoms with E-state index in [1.165, 1.54) is 107 Å². The summed E-state index contributed by atoms with van der Waals surface area (Å²) in [5.74, 6) is 3.22. The highest BCUT2D eigenvalue weighted by Gasteiger charge is 2.62. The minimum atomic E-state index is -2.58. The molecule has 7 aliphatic rings. The van der Waals surface area contributed by atoms with E-state index in [0.29, 0.717) is 11.8 Å². The molecule has 0 radical (unpaired) electrons. The summed E-state index contributed by atoms with van der Waals surface area (Å²) in [7, 11) is -2.58. The Morgan fingerprint density at radius 3 is 1.73 bits per heavy atom. The van der Waals surface area contributed by atoms with Crippen molar-refractivity contribution in [3.05, 3.63) is 163 Å². The predicted molar refractivity (Wildman–Crippen MR) is 233 cm³/mol. The highest BCUT2D eigenvalue weighted by molar-refractivity contribution is 7.26. The van der Waals surface area contributed by atoms with Crippen molar-refractivity contribution >= 4 is 77.4 Å². The molecule has 15 rings (SSSR count). The summed E-state index contributed by atoms with van der Waals surface area (Å²) < 4.78 is 2.84. The van der Waals surface area contributed by atoms with Gasteiger partial charge in [0.1, 0.15) is 0 Å². The van der Waals surface area contributed by atoms with Gasteiger partial charge in [-0.1, -0.05) is 115 Å². The third-order valence-electron chi connectivity index (χ3n) is 15.4. The van der Waals surface area contributed by atoms with Crippen LogP contribution >= 0.6 is 11.3 Å². The molecule has 4 fully saturated rings. The zero-order valence-corrected chi connectivity index (χ0v) is 32.5. The van der Waals surface area contributed by atoms with E-state index >= 15 is 0 Å². The molecular weight excluding hydrogens is 699 g/mol. The number of para-hydroxylation sites is 1. The minimum absolute atomic E-state index is 0.0620. The van der Waals surface area contributed by atoms with E-state index in [1.54, 1.807) is 16.3 Å². The fraction of sp³-hybridized carbons (Fsp3) is 0.192. The number of anilines is 3. The van der Waals surface area contributed by atoms with E-state index in [-0.39, 0.29) is 5.41 Å². The van der Waals surface area contributed by atoms with Gasteiger partial charge >= 0.3 is 0 Å². The molecule has 3 aliphatic heterocycles. The van der Waals surface area contributed by atoms with Gasteiger partial charge in [-0.3, -0.25) is 0 Å². The molecular formula is C52H39NSSi. The van der Waals surface area contributed by atoms with Gasteiger partial charge in [0.2, 0.25) is 0 Å². The van der Waals surface area contributed by atoms with E-state index in [4.69, 9.17) is 0 Å². The largest absolute Gasteiger partial charge is 0.310 e. The lowest BCUT2D eigenvalue weighted by molar-refractivity contribution is -0.0418. The van der Waals surface area contributed by atoms with Gasteiger partial charge in [0.05, 0.1) is 11.4 Å². The zero-order valence-electron chi connectivity index (χ0n) is 30.6. The van der Waals surface area contributed by atoms with Crippen LogP contribution in [-0.2, 0) is 5.41 Å². The summed E-state index contributed by atoms with van der Waals surface area (Å²) in [5.41, 5.74) is 13.0. The number of hydrogen-bond acceptors (Lipinski definition) is 2. The van der Waals surface area contributed by atoms with E-state index < -0.39 is 8.07 Å². The SMILES string of the molecule is c1ccc2c(c1)-c1ccccc1[Si]21c2ccccc2-c2ccc(N3c4ccccc4C4(c5cc6sc7ccccc7c6cc53)C3CC5CC(C3)CC4C5)cc21. The van der Waals surface area contributed by atoms with E-state index in [0.717, 1.165) is 11.8 Å². The first-order chi connectivity index (χ1) is 27.2. The minimum Gasteiger partial charge on any atom is -0.310 e. The average Bonchev–Trinajstić information content (AvgIpc) is 3.85. The lowest BCUT2D eigenvalue weighted by Crippen LogP contribution is -2.70. The third kappa shape index (κ3) is 3.49. The van der Waals surface area contributed by atoms with Crippen molar-refractivity contribution in [2.45, 2.75) is 37.5 Å². The van der Waals surface area contributed by atoms with Crippen LogP contribution in [0.25, 0.3) is 42.4 Å². The van der Waals surface area contributed by atoms with Crippen LogP contribution in [0.2, 0.25) is 0 Å². The monoisotopic (exact) mass is 737 g/mol. The van der Waals surface area contributed by atoms with Crippen LogP contribution in [0.15, 0.2) is 152 Å². The molecule has 0 saturated heterocycles. The van der Waals surface area contributed by atoms with E-state index in [2.05, 4.69) is 157 Å². The number of fused-ring (bicyclic) bond motifs is 15. The van der Waals surface area contributed by atoms with Crippen LogP contribution in [0.3, 0.4) is 0 Å². The van der Waals surface area contributed by atoms with Crippen molar-refractivity contribution < 1.29 is 0 Å². The van der Waals surface area contributed by atoms with Gasteiger partial charge in [0.25, 0.3) is 0 Å². The Labute approximate surface area is 326 Å². The standard InChI is InChI=1S/C52H39NSSi/c1-7-17-46-36(11-1)41-29-45-43(30-47(41)54-46)52(33-24-31-23-32(26-33)27-34(52)25-31)42-15-5-6-16-44(42)53(45)35-21-22-40-39-14-4-10-20-50(39)55(51(40)28-35)48-18-8-2-12-37(48)38-13-3-9-19-49(38)55/h1-22,28-34H,23-27H2. The maximum absolute atomic E-state index is 2.71. The third-order valence-corrected chi connectivity index (χ3v) is 21.5. The van der Waals surface area contributed by atoms with Gasteiger partial charge in [0.15, 0.2) is 8.07 Å². The number of benzene rings is 7. The second-order valence-electron chi connectivity index (χ2n) is 17.6. The van der Waals surface area contributed by atoms with Crippen molar-refractivity contribution in [3.8, 4) is 22.3 Å². The van der Waals surface area contributed by atoms with Crippen LogP contribution < -0.4 is 25.6 Å². The number of nitrogens with zero attached hydrogens (tertiary/aromatic N) is 1. The fourth-order valence-electron chi connectivity index (χ4n) is 13.9. The molecule has 1 nitrogen and oxygen atoms in total. The Balaban J connectivity index is 1.08. The molecule has 0 atom stereocenters. The molecule has 4 bridgehead atoms. The molecule has 55 heavy (non-hydrogen) atoms. The molecule has 7 aromatic carbocycles. The van der Waals surface area contributed by atoms with E-state index in [9.17, 15) is 0 Å². The number of hydrogen-bond donors (Lipinski definition) is 0. The quantitative estimate of drug-likeness (QED) is 0.152. The maximum Gasteiger partial charge on any atom is 0.182 e. The van der Waals surface area contributed by atoms with Crippen molar-refractivity contribution in [1.82, 2.24) is 0 Å². The molecule has 0 N–H and O–H groups in total. The molecule has 4 heterocycles. The van der Waals surface area contributed by atoms with Gasteiger partial charge in [-0.25, -0.2) is 0 Å². The summed E-state index contributed by atoms with van der Waals surface area (Å²) in [5, 5.41) is 8.95. The summed E-state index contributed by atoms with van der Waals surface area (Å²) in [6.07, 6.45) is 7.00. The molecule has 2 spiro atoms. The topological polar surface area (TPSA) is 3.24 Å². The molecule has 262 valence electrons. The molecule has 4 aliphatic carbocycles. The van der Waals surface area contributed by atoms with Crippen molar-refractivity contribution in [3.63, 3.8) is 0 Å². The molecule has 3 heteroatoms. The lowest BCUT2D eigenvalue weighted by atomic mass is 9.41. The summed E-state index contributed by atoms with van der Waals surface area (Å²) in [6, 6.07) is 59.8. The maximum atomic E-state index is 2.71. The van der Waals surface area contributed by atoms with Gasteiger partial charge < -0.3 is 4.90 Å². The Morgan fingerprint density at radius 1 is 0.455 bits per heavy atom. The summed E-state index contributed by atoms with van der Waals surface area (Å²) in [4.78, 5) is 2.71. The van der Waals surface area contributed by atoms with Crippen LogP contribution in [0, 0.1) is 23.7 Å². The van der Waals surface area contributed by atoms with Gasteiger partial charge in [-0.2, -0.15) is 0 Å². The Kier molecular flexibility index (Phi) is 5.65. The molecule has 1 aromatic heterocycles. The first-order valence-electron chi connectivity index (χ1n) is 20.5. The van der Waals surface area contributed by atoms with Gasteiger partial charge in [-0.05, 0) is 146 Å². The normalized spacial score (nSPS) is 25.3. The van der Waals surface area contributed by atoms with E-state index in [1.807, 2.05) is 11.3 Å². The fourth-order valence-corrected chi connectivity index (χ4v) is 20.6. The van der Waals surface area contributed by atoms with Crippen LogP contribution in [-0.4, -0.2) is 8.07 Å². The van der Waals surface area contributed by atoms with Crippen molar-refractivity contribution in [2.75, 3.05) is 4.90 Å². The first kappa shape index (κ1) is 30.1. The molecule has 8 aromatic rings. The van der Waals surface area contributed by atoms with Crippen LogP contribution in [0.5, 0.6) is 0 Å². The van der Waals surface area contributed by atoms with Crippen LogP contribution in [0.1, 0.15) is 43.2 Å². The second kappa shape index (κ2) is 10.3. The summed E-state index contributed by atoms with van der Waals surface area (Å²) >= 11 is 1.99.